The number of fused-ring (bicyclic) bond motifs is 1. The zero-order valence-electron chi connectivity index (χ0n) is 17.9. The number of carbonyl (C=O) groups excluding carboxylic acids is 1. The Morgan fingerprint density at radius 1 is 1.19 bits per heavy atom. The van der Waals surface area contributed by atoms with E-state index < -0.39 is 41.4 Å². The van der Waals surface area contributed by atoms with Crippen molar-refractivity contribution in [3.63, 3.8) is 0 Å². The standard InChI is InChI=1S/C22H23F2N3O5/c1-22(2,3)32-21(30)17(25)11-5-7-14-16(9-11)27(26-18(14)20(28)29)19(24)13-8-6-12(31-4)10-15(13)23/h5-10,17,19H,25H2,1-4H3,(H,28,29). The molecule has 0 spiro atoms. The molecule has 8 nitrogen and oxygen atoms in total. The summed E-state index contributed by atoms with van der Waals surface area (Å²) >= 11 is 0. The van der Waals surface area contributed by atoms with E-state index in [9.17, 15) is 19.1 Å². The molecule has 0 amide bonds. The summed E-state index contributed by atoms with van der Waals surface area (Å²) < 4.78 is 40.8. The Hall–Kier alpha value is -3.53. The first kappa shape index (κ1) is 23.1. The Bertz CT molecular complexity index is 1190. The van der Waals surface area contributed by atoms with Gasteiger partial charge in [0.2, 0.25) is 6.30 Å². The second-order valence-corrected chi connectivity index (χ2v) is 8.11. The summed E-state index contributed by atoms with van der Waals surface area (Å²) in [6, 6.07) is 6.52. The molecule has 0 aliphatic carbocycles. The molecule has 0 saturated carbocycles. The van der Waals surface area contributed by atoms with Crippen molar-refractivity contribution in [2.45, 2.75) is 38.7 Å². The molecule has 0 aliphatic rings. The van der Waals surface area contributed by atoms with E-state index in [0.29, 0.717) is 0 Å². The van der Waals surface area contributed by atoms with E-state index in [1.165, 1.54) is 37.4 Å². The third kappa shape index (κ3) is 4.54. The number of alkyl halides is 1. The van der Waals surface area contributed by atoms with Gasteiger partial charge in [0.25, 0.3) is 0 Å². The van der Waals surface area contributed by atoms with Gasteiger partial charge in [0.15, 0.2) is 5.69 Å². The summed E-state index contributed by atoms with van der Waals surface area (Å²) in [6.45, 7) is 5.06. The Kier molecular flexibility index (Phi) is 6.18. The van der Waals surface area contributed by atoms with Crippen LogP contribution < -0.4 is 10.5 Å². The molecule has 3 rings (SSSR count). The van der Waals surface area contributed by atoms with Gasteiger partial charge >= 0.3 is 11.9 Å². The van der Waals surface area contributed by atoms with E-state index in [4.69, 9.17) is 15.2 Å². The van der Waals surface area contributed by atoms with E-state index in [1.54, 1.807) is 20.8 Å². The fraction of sp³-hybridized carbons (Fsp3) is 0.318. The highest BCUT2D eigenvalue weighted by atomic mass is 19.1. The minimum atomic E-state index is -2.15. The predicted molar refractivity (Wildman–Crippen MR) is 112 cm³/mol. The molecule has 0 bridgehead atoms. The minimum Gasteiger partial charge on any atom is -0.497 e. The highest BCUT2D eigenvalue weighted by Crippen LogP contribution is 2.31. The van der Waals surface area contributed by atoms with Gasteiger partial charge < -0.3 is 20.3 Å². The van der Waals surface area contributed by atoms with E-state index in [2.05, 4.69) is 5.10 Å². The van der Waals surface area contributed by atoms with Crippen molar-refractivity contribution in [1.29, 1.82) is 0 Å². The molecule has 0 saturated heterocycles. The number of methoxy groups -OCH3 is 1. The summed E-state index contributed by atoms with van der Waals surface area (Å²) in [5, 5.41) is 13.4. The number of esters is 1. The van der Waals surface area contributed by atoms with Gasteiger partial charge in [0.05, 0.1) is 12.6 Å². The van der Waals surface area contributed by atoms with Gasteiger partial charge in [-0.15, -0.1) is 0 Å². The number of halogens is 2. The topological polar surface area (TPSA) is 117 Å². The fourth-order valence-electron chi connectivity index (χ4n) is 3.14. The highest BCUT2D eigenvalue weighted by Gasteiger charge is 2.28. The van der Waals surface area contributed by atoms with Crippen LogP contribution in [0, 0.1) is 5.82 Å². The first-order chi connectivity index (χ1) is 14.9. The molecule has 170 valence electrons. The maximum Gasteiger partial charge on any atom is 0.357 e. The van der Waals surface area contributed by atoms with Crippen LogP contribution in [0.4, 0.5) is 8.78 Å². The molecule has 0 aliphatic heterocycles. The number of carboxylic acids is 1. The first-order valence-corrected chi connectivity index (χ1v) is 9.64. The molecule has 2 aromatic carbocycles. The molecule has 0 radical (unpaired) electrons. The number of aromatic carboxylic acids is 1. The van der Waals surface area contributed by atoms with Gasteiger partial charge in [-0.3, -0.25) is 0 Å². The molecule has 10 heteroatoms. The molecular weight excluding hydrogens is 424 g/mol. The monoisotopic (exact) mass is 447 g/mol. The van der Waals surface area contributed by atoms with Gasteiger partial charge in [0, 0.05) is 17.0 Å². The molecule has 1 heterocycles. The smallest absolute Gasteiger partial charge is 0.357 e. The van der Waals surface area contributed by atoms with Crippen molar-refractivity contribution in [3.05, 3.63) is 59.0 Å². The van der Waals surface area contributed by atoms with Crippen LogP contribution in [0.15, 0.2) is 36.4 Å². The second-order valence-electron chi connectivity index (χ2n) is 8.11. The van der Waals surface area contributed by atoms with Crippen LogP contribution in [0.25, 0.3) is 10.9 Å². The number of hydrogen-bond donors (Lipinski definition) is 2. The number of carbonyl (C=O) groups is 2. The number of benzene rings is 2. The van der Waals surface area contributed by atoms with Crippen LogP contribution >= 0.6 is 0 Å². The van der Waals surface area contributed by atoms with E-state index in [1.807, 2.05) is 0 Å². The summed E-state index contributed by atoms with van der Waals surface area (Å²) in [6.07, 6.45) is -2.15. The summed E-state index contributed by atoms with van der Waals surface area (Å²) in [4.78, 5) is 24.0. The number of ether oxygens (including phenoxy) is 2. The maximum atomic E-state index is 15.4. The summed E-state index contributed by atoms with van der Waals surface area (Å²) in [5.41, 5.74) is 4.73. The molecule has 3 aromatic rings. The number of aromatic nitrogens is 2. The van der Waals surface area contributed by atoms with Crippen molar-refractivity contribution in [2.24, 2.45) is 5.73 Å². The Labute approximate surface area is 182 Å². The molecule has 2 atom stereocenters. The maximum absolute atomic E-state index is 15.4. The molecule has 3 N–H and O–H groups in total. The predicted octanol–water partition coefficient (Wildman–Crippen LogP) is 3.74. The van der Waals surface area contributed by atoms with E-state index in [0.717, 1.165) is 10.7 Å². The first-order valence-electron chi connectivity index (χ1n) is 9.64. The van der Waals surface area contributed by atoms with Gasteiger partial charge in [-0.2, -0.15) is 5.10 Å². The van der Waals surface area contributed by atoms with Crippen molar-refractivity contribution >= 4 is 22.8 Å². The van der Waals surface area contributed by atoms with Crippen LogP contribution in [-0.2, 0) is 9.53 Å². The lowest BCUT2D eigenvalue weighted by Gasteiger charge is -2.22. The highest BCUT2D eigenvalue weighted by molar-refractivity contribution is 6.01. The Morgan fingerprint density at radius 3 is 2.44 bits per heavy atom. The van der Waals surface area contributed by atoms with E-state index >= 15 is 4.39 Å². The minimum absolute atomic E-state index is 0.0293. The zero-order valence-corrected chi connectivity index (χ0v) is 17.9. The normalized spacial score (nSPS) is 13.6. The van der Waals surface area contributed by atoms with Crippen LogP contribution in [0.3, 0.4) is 0 Å². The fourth-order valence-corrected chi connectivity index (χ4v) is 3.14. The van der Waals surface area contributed by atoms with Crippen molar-refractivity contribution in [1.82, 2.24) is 9.78 Å². The molecular formula is C22H23F2N3O5. The Balaban J connectivity index is 2.11. The summed E-state index contributed by atoms with van der Waals surface area (Å²) in [7, 11) is 1.34. The van der Waals surface area contributed by atoms with Gasteiger partial charge in [0.1, 0.15) is 23.2 Å². The third-order valence-corrected chi connectivity index (χ3v) is 4.63. The van der Waals surface area contributed by atoms with Gasteiger partial charge in [-0.05, 0) is 50.6 Å². The zero-order chi connectivity index (χ0) is 23.8. The largest absolute Gasteiger partial charge is 0.497 e. The molecule has 2 unspecified atom stereocenters. The number of nitrogens with two attached hydrogens (primary N) is 1. The SMILES string of the molecule is COc1ccc(C(F)n2nc(C(=O)O)c3ccc(C(N)C(=O)OC(C)(C)C)cc32)c(F)c1. The van der Waals surface area contributed by atoms with Crippen molar-refractivity contribution < 1.29 is 33.0 Å². The van der Waals surface area contributed by atoms with Gasteiger partial charge in [-0.1, -0.05) is 6.07 Å². The van der Waals surface area contributed by atoms with Crippen LogP contribution in [-0.4, -0.2) is 39.5 Å². The molecule has 0 fully saturated rings. The van der Waals surface area contributed by atoms with Crippen LogP contribution in [0.5, 0.6) is 5.75 Å². The average molecular weight is 447 g/mol. The van der Waals surface area contributed by atoms with Gasteiger partial charge in [-0.25, -0.2) is 23.1 Å². The average Bonchev–Trinajstić information content (AvgIpc) is 3.10. The lowest BCUT2D eigenvalue weighted by atomic mass is 10.0. The van der Waals surface area contributed by atoms with Crippen molar-refractivity contribution in [2.75, 3.05) is 7.11 Å². The molecule has 32 heavy (non-hydrogen) atoms. The quantitative estimate of drug-likeness (QED) is 0.553. The number of hydrogen-bond acceptors (Lipinski definition) is 6. The lowest BCUT2D eigenvalue weighted by Crippen LogP contribution is -2.31. The van der Waals surface area contributed by atoms with Crippen LogP contribution in [0.1, 0.15) is 54.7 Å². The van der Waals surface area contributed by atoms with Crippen molar-refractivity contribution in [3.8, 4) is 5.75 Å². The number of carboxylic acid groups (broad SMARTS) is 1. The Morgan fingerprint density at radius 2 is 1.88 bits per heavy atom. The molecule has 1 aromatic heterocycles. The summed E-state index contributed by atoms with van der Waals surface area (Å²) in [5.74, 6) is -2.79. The van der Waals surface area contributed by atoms with E-state index in [-0.39, 0.29) is 27.8 Å². The van der Waals surface area contributed by atoms with Crippen LogP contribution in [0.2, 0.25) is 0 Å². The second kappa shape index (κ2) is 8.54. The number of nitrogens with zero attached hydrogens (tertiary/aromatic N) is 2. The third-order valence-electron chi connectivity index (χ3n) is 4.63. The lowest BCUT2D eigenvalue weighted by molar-refractivity contribution is -0.156. The number of rotatable bonds is 6.